The van der Waals surface area contributed by atoms with E-state index in [2.05, 4.69) is 5.32 Å². The van der Waals surface area contributed by atoms with Gasteiger partial charge in [-0.3, -0.25) is 14.5 Å². The van der Waals surface area contributed by atoms with Crippen LogP contribution in [0.3, 0.4) is 0 Å². The first kappa shape index (κ1) is 16.3. The summed E-state index contributed by atoms with van der Waals surface area (Å²) in [7, 11) is 0. The summed E-state index contributed by atoms with van der Waals surface area (Å²) in [6, 6.07) is 11.7. The van der Waals surface area contributed by atoms with Crippen LogP contribution in [0.25, 0.3) is 0 Å². The minimum atomic E-state index is -0.940. The summed E-state index contributed by atoms with van der Waals surface area (Å²) in [6.45, 7) is 0. The summed E-state index contributed by atoms with van der Waals surface area (Å²) in [5, 5.41) is 2.51. The highest BCUT2D eigenvalue weighted by Crippen LogP contribution is 2.38. The zero-order valence-electron chi connectivity index (χ0n) is 13.6. The summed E-state index contributed by atoms with van der Waals surface area (Å²) in [5.74, 6) is -1.89. The van der Waals surface area contributed by atoms with E-state index in [1.807, 2.05) is 0 Å². The van der Waals surface area contributed by atoms with Crippen molar-refractivity contribution in [1.29, 1.82) is 0 Å². The van der Waals surface area contributed by atoms with Crippen molar-refractivity contribution in [2.75, 3.05) is 5.32 Å². The third kappa shape index (κ3) is 2.61. The number of nitrogens with one attached hydrogen (secondary N) is 1. The van der Waals surface area contributed by atoms with Gasteiger partial charge in [-0.1, -0.05) is 30.3 Å². The SMILES string of the molecule is O=C1OC(N2C(=O)CC[C@H]2C(=O)Nc2ccccc2F)c2ccccc21. The third-order valence-corrected chi connectivity index (χ3v) is 4.61. The van der Waals surface area contributed by atoms with Gasteiger partial charge in [-0.15, -0.1) is 0 Å². The van der Waals surface area contributed by atoms with Crippen LogP contribution in [0.5, 0.6) is 0 Å². The maximum atomic E-state index is 13.8. The number of ether oxygens (including phenoxy) is 1. The number of hydrogen-bond donors (Lipinski definition) is 1. The summed E-state index contributed by atoms with van der Waals surface area (Å²) >= 11 is 0. The molecule has 2 aliphatic rings. The smallest absolute Gasteiger partial charge is 0.340 e. The fourth-order valence-corrected chi connectivity index (χ4v) is 3.37. The number of carbonyl (C=O) groups is 3. The maximum absolute atomic E-state index is 13.8. The minimum Gasteiger partial charge on any atom is -0.433 e. The lowest BCUT2D eigenvalue weighted by Crippen LogP contribution is -2.44. The molecular weight excluding hydrogens is 339 g/mol. The minimum absolute atomic E-state index is 0.0422. The van der Waals surface area contributed by atoms with Crippen molar-refractivity contribution in [2.45, 2.75) is 25.1 Å². The molecule has 1 unspecified atom stereocenters. The van der Waals surface area contributed by atoms with E-state index < -0.39 is 30.0 Å². The van der Waals surface area contributed by atoms with Crippen LogP contribution in [-0.4, -0.2) is 28.7 Å². The molecule has 0 bridgehead atoms. The first-order valence-corrected chi connectivity index (χ1v) is 8.23. The Morgan fingerprint density at radius 2 is 1.85 bits per heavy atom. The van der Waals surface area contributed by atoms with E-state index in [1.54, 1.807) is 30.3 Å². The Bertz CT molecular complexity index is 914. The van der Waals surface area contributed by atoms with Crippen LogP contribution in [0.15, 0.2) is 48.5 Å². The molecular formula is C19H15FN2O4. The van der Waals surface area contributed by atoms with E-state index in [4.69, 9.17) is 4.74 Å². The number of likely N-dealkylation sites (tertiary alicyclic amines) is 1. The average molecular weight is 354 g/mol. The molecule has 2 heterocycles. The van der Waals surface area contributed by atoms with Crippen LogP contribution in [0.2, 0.25) is 0 Å². The standard InChI is InChI=1S/C19H15FN2O4/c20-13-7-3-4-8-14(13)21-17(24)15-9-10-16(23)22(15)18-11-5-1-2-6-12(11)19(25)26-18/h1-8,15,18H,9-10H2,(H,21,24)/t15-,18?/m0/s1. The second kappa shape index (κ2) is 6.25. The highest BCUT2D eigenvalue weighted by Gasteiger charge is 2.46. The Kier molecular flexibility index (Phi) is 3.91. The van der Waals surface area contributed by atoms with Gasteiger partial charge in [-0.25, -0.2) is 9.18 Å². The number of cyclic esters (lactones) is 1. The number of esters is 1. The molecule has 2 amide bonds. The molecule has 1 fully saturated rings. The molecule has 0 aliphatic carbocycles. The highest BCUT2D eigenvalue weighted by molar-refractivity contribution is 6.00. The Morgan fingerprint density at radius 3 is 2.65 bits per heavy atom. The van der Waals surface area contributed by atoms with Crippen LogP contribution in [-0.2, 0) is 14.3 Å². The first-order chi connectivity index (χ1) is 12.6. The lowest BCUT2D eigenvalue weighted by molar-refractivity contribution is -0.144. The van der Waals surface area contributed by atoms with Gasteiger partial charge in [0.1, 0.15) is 11.9 Å². The monoisotopic (exact) mass is 354 g/mol. The molecule has 0 radical (unpaired) electrons. The fraction of sp³-hybridized carbons (Fsp3) is 0.211. The number of carbonyl (C=O) groups excluding carboxylic acids is 3. The van der Waals surface area contributed by atoms with E-state index in [0.29, 0.717) is 11.1 Å². The lowest BCUT2D eigenvalue weighted by atomic mass is 10.1. The number of halogens is 1. The van der Waals surface area contributed by atoms with E-state index in [0.717, 1.165) is 0 Å². The second-order valence-electron chi connectivity index (χ2n) is 6.17. The molecule has 2 aromatic carbocycles. The van der Waals surface area contributed by atoms with E-state index in [1.165, 1.54) is 23.1 Å². The molecule has 1 saturated heterocycles. The number of fused-ring (bicyclic) bond motifs is 1. The van der Waals surface area contributed by atoms with Gasteiger partial charge in [-0.2, -0.15) is 0 Å². The quantitative estimate of drug-likeness (QED) is 0.860. The van der Waals surface area contributed by atoms with Gasteiger partial charge >= 0.3 is 5.97 Å². The predicted molar refractivity (Wildman–Crippen MR) is 89.5 cm³/mol. The van der Waals surface area contributed by atoms with E-state index >= 15 is 0 Å². The number of benzene rings is 2. The Morgan fingerprint density at radius 1 is 1.12 bits per heavy atom. The molecule has 0 spiro atoms. The second-order valence-corrected chi connectivity index (χ2v) is 6.17. The van der Waals surface area contributed by atoms with Crippen LogP contribution in [0.1, 0.15) is 35.0 Å². The lowest BCUT2D eigenvalue weighted by Gasteiger charge is -2.29. The van der Waals surface area contributed by atoms with Gasteiger partial charge in [0.05, 0.1) is 11.3 Å². The van der Waals surface area contributed by atoms with Gasteiger partial charge in [0.15, 0.2) is 0 Å². The number of para-hydroxylation sites is 1. The predicted octanol–water partition coefficient (Wildman–Crippen LogP) is 2.62. The average Bonchev–Trinajstić information content (AvgIpc) is 3.17. The third-order valence-electron chi connectivity index (χ3n) is 4.61. The number of rotatable bonds is 3. The molecule has 2 aliphatic heterocycles. The Hall–Kier alpha value is -3.22. The molecule has 0 saturated carbocycles. The number of hydrogen-bond acceptors (Lipinski definition) is 4. The van der Waals surface area contributed by atoms with E-state index in [9.17, 15) is 18.8 Å². The molecule has 1 N–H and O–H groups in total. The molecule has 2 atom stereocenters. The van der Waals surface area contributed by atoms with Crippen molar-refractivity contribution < 1.29 is 23.5 Å². The number of amides is 2. The molecule has 2 aromatic rings. The Balaban J connectivity index is 1.62. The number of nitrogens with zero attached hydrogens (tertiary/aromatic N) is 1. The van der Waals surface area contributed by atoms with Gasteiger partial charge in [-0.05, 0) is 24.6 Å². The molecule has 6 nitrogen and oxygen atoms in total. The van der Waals surface area contributed by atoms with Crippen LogP contribution in [0.4, 0.5) is 10.1 Å². The van der Waals surface area contributed by atoms with Crippen LogP contribution < -0.4 is 5.32 Å². The van der Waals surface area contributed by atoms with Crippen molar-refractivity contribution in [2.24, 2.45) is 0 Å². The van der Waals surface area contributed by atoms with Crippen LogP contribution >= 0.6 is 0 Å². The Labute approximate surface area is 148 Å². The highest BCUT2D eigenvalue weighted by atomic mass is 19.1. The molecule has 0 aromatic heterocycles. The van der Waals surface area contributed by atoms with Crippen molar-refractivity contribution in [3.63, 3.8) is 0 Å². The summed E-state index contributed by atoms with van der Waals surface area (Å²) in [6.07, 6.45) is -0.508. The van der Waals surface area contributed by atoms with Crippen molar-refractivity contribution in [3.05, 3.63) is 65.5 Å². The van der Waals surface area contributed by atoms with Crippen LogP contribution in [0, 0.1) is 5.82 Å². The topological polar surface area (TPSA) is 75.7 Å². The molecule has 4 rings (SSSR count). The zero-order valence-corrected chi connectivity index (χ0v) is 13.6. The van der Waals surface area contributed by atoms with Gasteiger partial charge in [0, 0.05) is 12.0 Å². The van der Waals surface area contributed by atoms with Crippen molar-refractivity contribution >= 4 is 23.5 Å². The van der Waals surface area contributed by atoms with Crippen molar-refractivity contribution in [1.82, 2.24) is 4.90 Å². The van der Waals surface area contributed by atoms with Crippen molar-refractivity contribution in [3.8, 4) is 0 Å². The fourth-order valence-electron chi connectivity index (χ4n) is 3.37. The largest absolute Gasteiger partial charge is 0.433 e. The number of anilines is 1. The van der Waals surface area contributed by atoms with Gasteiger partial charge < -0.3 is 10.1 Å². The normalized spacial score (nSPS) is 21.5. The van der Waals surface area contributed by atoms with Gasteiger partial charge in [0.2, 0.25) is 18.0 Å². The van der Waals surface area contributed by atoms with E-state index in [-0.39, 0.29) is 24.4 Å². The molecule has 26 heavy (non-hydrogen) atoms. The first-order valence-electron chi connectivity index (χ1n) is 8.23. The summed E-state index contributed by atoms with van der Waals surface area (Å²) in [4.78, 5) is 38.4. The summed E-state index contributed by atoms with van der Waals surface area (Å²) < 4.78 is 19.1. The molecule has 132 valence electrons. The zero-order chi connectivity index (χ0) is 18.3. The van der Waals surface area contributed by atoms with Gasteiger partial charge in [0.25, 0.3) is 0 Å². The molecule has 7 heteroatoms. The summed E-state index contributed by atoms with van der Waals surface area (Å²) in [5.41, 5.74) is 0.975. The maximum Gasteiger partial charge on any atom is 0.340 e.